The van der Waals surface area contributed by atoms with Gasteiger partial charge in [0.1, 0.15) is 6.54 Å². The van der Waals surface area contributed by atoms with Crippen molar-refractivity contribution in [2.45, 2.75) is 19.5 Å². The monoisotopic (exact) mass is 399 g/mol. The number of alkyl halides is 3. The highest BCUT2D eigenvalue weighted by Gasteiger charge is 2.30. The smallest absolute Gasteiger partial charge is 0.416 e. The first-order valence-electron chi connectivity index (χ1n) is 8.08. The fourth-order valence-corrected chi connectivity index (χ4v) is 2.62. The van der Waals surface area contributed by atoms with Gasteiger partial charge in [-0.05, 0) is 36.8 Å². The summed E-state index contributed by atoms with van der Waals surface area (Å²) >= 11 is 5.94. The van der Waals surface area contributed by atoms with Gasteiger partial charge in [0.15, 0.2) is 0 Å². The van der Waals surface area contributed by atoms with Crippen LogP contribution in [0.1, 0.15) is 18.1 Å². The lowest BCUT2D eigenvalue weighted by atomic mass is 10.1. The Morgan fingerprint density at radius 1 is 1.11 bits per heavy atom. The minimum atomic E-state index is -4.50. The number of halogens is 4. The summed E-state index contributed by atoms with van der Waals surface area (Å²) in [6.45, 7) is 1.40. The third-order valence-electron chi connectivity index (χ3n) is 3.62. The standard InChI is InChI=1S/C19H17ClF3NO3/c1-2-27-18(26)12-24(16-8-4-7-15(20)11-16)17(25)10-13-5-3-6-14(9-13)19(21,22)23/h3-9,11H,2,10,12H2,1H3. The van der Waals surface area contributed by atoms with Gasteiger partial charge in [-0.1, -0.05) is 35.9 Å². The molecule has 2 aromatic carbocycles. The van der Waals surface area contributed by atoms with Crippen molar-refractivity contribution in [2.75, 3.05) is 18.1 Å². The van der Waals surface area contributed by atoms with Crippen molar-refractivity contribution in [2.24, 2.45) is 0 Å². The van der Waals surface area contributed by atoms with Gasteiger partial charge in [0.2, 0.25) is 5.91 Å². The number of hydrogen-bond acceptors (Lipinski definition) is 3. The molecule has 8 heteroatoms. The maximum absolute atomic E-state index is 12.9. The van der Waals surface area contributed by atoms with Crippen LogP contribution < -0.4 is 4.90 Å². The second-order valence-corrected chi connectivity index (χ2v) is 6.08. The molecule has 0 unspecified atom stereocenters. The molecule has 0 radical (unpaired) electrons. The van der Waals surface area contributed by atoms with Crippen LogP contribution in [-0.4, -0.2) is 25.0 Å². The van der Waals surface area contributed by atoms with Crippen molar-refractivity contribution in [1.82, 2.24) is 0 Å². The average molecular weight is 400 g/mol. The van der Waals surface area contributed by atoms with E-state index in [1.165, 1.54) is 18.2 Å². The van der Waals surface area contributed by atoms with E-state index in [2.05, 4.69) is 0 Å². The lowest BCUT2D eigenvalue weighted by molar-refractivity contribution is -0.142. The second-order valence-electron chi connectivity index (χ2n) is 5.64. The molecular formula is C19H17ClF3NO3. The molecule has 0 aromatic heterocycles. The molecule has 0 saturated carbocycles. The molecule has 0 heterocycles. The molecule has 0 spiro atoms. The molecule has 0 fully saturated rings. The van der Waals surface area contributed by atoms with Crippen LogP contribution in [0, 0.1) is 0 Å². The van der Waals surface area contributed by atoms with Crippen molar-refractivity contribution >= 4 is 29.2 Å². The van der Waals surface area contributed by atoms with Gasteiger partial charge in [-0.25, -0.2) is 0 Å². The minimum absolute atomic E-state index is 0.143. The second kappa shape index (κ2) is 8.90. The molecule has 0 aliphatic carbocycles. The van der Waals surface area contributed by atoms with Gasteiger partial charge in [-0.3, -0.25) is 9.59 Å². The van der Waals surface area contributed by atoms with Crippen molar-refractivity contribution in [1.29, 1.82) is 0 Å². The van der Waals surface area contributed by atoms with Gasteiger partial charge < -0.3 is 9.64 Å². The van der Waals surface area contributed by atoms with Gasteiger partial charge in [0, 0.05) is 10.7 Å². The number of carbonyl (C=O) groups excluding carboxylic acids is 2. The molecule has 0 atom stereocenters. The molecule has 1 amide bonds. The number of benzene rings is 2. The number of esters is 1. The van der Waals surface area contributed by atoms with E-state index < -0.39 is 23.6 Å². The fraction of sp³-hybridized carbons (Fsp3) is 0.263. The molecule has 0 aliphatic rings. The van der Waals surface area contributed by atoms with Gasteiger partial charge in [0.05, 0.1) is 18.6 Å². The van der Waals surface area contributed by atoms with Crippen molar-refractivity contribution in [3.8, 4) is 0 Å². The first-order valence-corrected chi connectivity index (χ1v) is 8.46. The van der Waals surface area contributed by atoms with Gasteiger partial charge in [-0.2, -0.15) is 13.2 Å². The van der Waals surface area contributed by atoms with Crippen molar-refractivity contribution < 1.29 is 27.5 Å². The number of ether oxygens (including phenoxy) is 1. The van der Waals surface area contributed by atoms with E-state index in [9.17, 15) is 22.8 Å². The highest BCUT2D eigenvalue weighted by molar-refractivity contribution is 6.31. The predicted molar refractivity (Wildman–Crippen MR) is 95.6 cm³/mol. The number of hydrogen-bond donors (Lipinski definition) is 0. The van der Waals surface area contributed by atoms with Crippen LogP contribution in [0.5, 0.6) is 0 Å². The number of anilines is 1. The summed E-state index contributed by atoms with van der Waals surface area (Å²) in [7, 11) is 0. The topological polar surface area (TPSA) is 46.6 Å². The Morgan fingerprint density at radius 2 is 1.81 bits per heavy atom. The molecule has 27 heavy (non-hydrogen) atoms. The van der Waals surface area contributed by atoms with Crippen LogP contribution in [0.3, 0.4) is 0 Å². The van der Waals surface area contributed by atoms with Crippen LogP contribution in [0.4, 0.5) is 18.9 Å². The largest absolute Gasteiger partial charge is 0.465 e. The van der Waals surface area contributed by atoms with Gasteiger partial charge >= 0.3 is 12.1 Å². The fourth-order valence-electron chi connectivity index (χ4n) is 2.43. The van der Waals surface area contributed by atoms with Crippen LogP contribution in [0.15, 0.2) is 48.5 Å². The molecule has 2 aromatic rings. The van der Waals surface area contributed by atoms with E-state index in [4.69, 9.17) is 16.3 Å². The van der Waals surface area contributed by atoms with Crippen LogP contribution in [-0.2, 0) is 26.9 Å². The zero-order chi connectivity index (χ0) is 20.0. The number of amides is 1. The maximum atomic E-state index is 12.9. The lowest BCUT2D eigenvalue weighted by Crippen LogP contribution is -2.37. The summed E-state index contributed by atoms with van der Waals surface area (Å²) in [4.78, 5) is 25.7. The van der Waals surface area contributed by atoms with E-state index in [0.29, 0.717) is 10.7 Å². The van der Waals surface area contributed by atoms with E-state index in [-0.39, 0.29) is 25.1 Å². The molecule has 144 valence electrons. The zero-order valence-corrected chi connectivity index (χ0v) is 15.2. The quantitative estimate of drug-likeness (QED) is 0.672. The molecule has 2 rings (SSSR count). The highest BCUT2D eigenvalue weighted by atomic mass is 35.5. The molecule has 0 bridgehead atoms. The zero-order valence-electron chi connectivity index (χ0n) is 14.4. The summed E-state index contributed by atoms with van der Waals surface area (Å²) in [5, 5.41) is 0.355. The summed E-state index contributed by atoms with van der Waals surface area (Å²) in [6, 6.07) is 10.8. The third-order valence-corrected chi connectivity index (χ3v) is 3.86. The molecule has 0 aliphatic heterocycles. The van der Waals surface area contributed by atoms with Crippen molar-refractivity contribution in [3.63, 3.8) is 0 Å². The highest BCUT2D eigenvalue weighted by Crippen LogP contribution is 2.30. The first-order chi connectivity index (χ1) is 12.7. The predicted octanol–water partition coefficient (Wildman–Crippen LogP) is 4.50. The normalized spacial score (nSPS) is 11.1. The van der Waals surface area contributed by atoms with E-state index in [1.807, 2.05) is 0 Å². The number of carbonyl (C=O) groups is 2. The minimum Gasteiger partial charge on any atom is -0.465 e. The summed E-state index contributed by atoms with van der Waals surface area (Å²) in [6.07, 6.45) is -4.81. The summed E-state index contributed by atoms with van der Waals surface area (Å²) in [5.41, 5.74) is -0.300. The molecular weight excluding hydrogens is 383 g/mol. The number of nitrogens with zero attached hydrogens (tertiary/aromatic N) is 1. The lowest BCUT2D eigenvalue weighted by Gasteiger charge is -2.22. The first kappa shape index (κ1) is 20.8. The van der Waals surface area contributed by atoms with E-state index in [0.717, 1.165) is 17.0 Å². The Bertz CT molecular complexity index is 824. The van der Waals surface area contributed by atoms with Gasteiger partial charge in [-0.15, -0.1) is 0 Å². The molecule has 0 N–H and O–H groups in total. The Hall–Kier alpha value is -2.54. The Morgan fingerprint density at radius 3 is 2.44 bits per heavy atom. The Kier molecular flexibility index (Phi) is 6.85. The molecule has 4 nitrogen and oxygen atoms in total. The van der Waals surface area contributed by atoms with E-state index in [1.54, 1.807) is 25.1 Å². The summed E-state index contributed by atoms with van der Waals surface area (Å²) in [5.74, 6) is -1.18. The maximum Gasteiger partial charge on any atom is 0.416 e. The summed E-state index contributed by atoms with van der Waals surface area (Å²) < 4.78 is 43.5. The van der Waals surface area contributed by atoms with Gasteiger partial charge in [0.25, 0.3) is 0 Å². The number of rotatable bonds is 6. The van der Waals surface area contributed by atoms with Crippen LogP contribution in [0.25, 0.3) is 0 Å². The van der Waals surface area contributed by atoms with Crippen LogP contribution >= 0.6 is 11.6 Å². The average Bonchev–Trinajstić information content (AvgIpc) is 2.59. The third kappa shape index (κ3) is 5.99. The van der Waals surface area contributed by atoms with Crippen LogP contribution in [0.2, 0.25) is 5.02 Å². The Balaban J connectivity index is 2.27. The molecule has 0 saturated heterocycles. The van der Waals surface area contributed by atoms with Crippen molar-refractivity contribution in [3.05, 3.63) is 64.7 Å². The SMILES string of the molecule is CCOC(=O)CN(C(=O)Cc1cccc(C(F)(F)F)c1)c1cccc(Cl)c1. The Labute approximate surface area is 159 Å². The van der Waals surface area contributed by atoms with E-state index >= 15 is 0 Å².